The second-order valence-corrected chi connectivity index (χ2v) is 6.63. The van der Waals surface area contributed by atoms with E-state index in [0.29, 0.717) is 12.5 Å². The Morgan fingerprint density at radius 2 is 2.14 bits per heavy atom. The van der Waals surface area contributed by atoms with Gasteiger partial charge in [0.25, 0.3) is 0 Å². The average Bonchev–Trinajstić information content (AvgIpc) is 2.75. The van der Waals surface area contributed by atoms with Gasteiger partial charge in [0.15, 0.2) is 0 Å². The van der Waals surface area contributed by atoms with Gasteiger partial charge in [0.1, 0.15) is 5.75 Å². The summed E-state index contributed by atoms with van der Waals surface area (Å²) in [6, 6.07) is 6.23. The Bertz CT molecular complexity index is 440. The van der Waals surface area contributed by atoms with Gasteiger partial charge in [-0.2, -0.15) is 0 Å². The molecule has 4 heteroatoms. The van der Waals surface area contributed by atoms with Crippen molar-refractivity contribution in [3.63, 3.8) is 0 Å². The number of aryl methyl sites for hydroxylation is 1. The van der Waals surface area contributed by atoms with Gasteiger partial charge < -0.3 is 20.7 Å². The number of hydrogen-bond acceptors (Lipinski definition) is 4. The molecule has 1 aromatic carbocycles. The summed E-state index contributed by atoms with van der Waals surface area (Å²) in [7, 11) is 0. The average molecular weight is 305 g/mol. The van der Waals surface area contributed by atoms with E-state index < -0.39 is 0 Å². The van der Waals surface area contributed by atoms with Crippen molar-refractivity contribution in [2.45, 2.75) is 33.1 Å². The van der Waals surface area contributed by atoms with Crippen molar-refractivity contribution in [3.05, 3.63) is 23.8 Å². The van der Waals surface area contributed by atoms with E-state index in [1.54, 1.807) is 0 Å². The van der Waals surface area contributed by atoms with Crippen molar-refractivity contribution >= 4 is 5.69 Å². The molecule has 0 spiro atoms. The van der Waals surface area contributed by atoms with Crippen LogP contribution < -0.4 is 15.8 Å². The Balaban J connectivity index is 1.76. The van der Waals surface area contributed by atoms with Crippen LogP contribution in [0.4, 0.5) is 5.69 Å². The molecule has 2 rings (SSSR count). The number of hydrogen-bond donors (Lipinski definition) is 2. The molecule has 22 heavy (non-hydrogen) atoms. The third-order valence-corrected chi connectivity index (χ3v) is 4.02. The van der Waals surface area contributed by atoms with Crippen LogP contribution in [0.25, 0.3) is 0 Å². The van der Waals surface area contributed by atoms with Crippen LogP contribution in [-0.2, 0) is 6.42 Å². The Morgan fingerprint density at radius 1 is 1.27 bits per heavy atom. The van der Waals surface area contributed by atoms with Crippen molar-refractivity contribution in [3.8, 4) is 5.75 Å². The van der Waals surface area contributed by atoms with Crippen molar-refractivity contribution in [1.29, 1.82) is 0 Å². The fourth-order valence-electron chi connectivity index (χ4n) is 2.77. The molecular formula is C18H31N3O. The van der Waals surface area contributed by atoms with Crippen LogP contribution in [0.3, 0.4) is 0 Å². The summed E-state index contributed by atoms with van der Waals surface area (Å²) < 4.78 is 5.73. The number of nitrogen functional groups attached to an aromatic ring is 1. The van der Waals surface area contributed by atoms with E-state index in [1.165, 1.54) is 38.0 Å². The van der Waals surface area contributed by atoms with Crippen LogP contribution in [0, 0.1) is 5.92 Å². The molecule has 124 valence electrons. The highest BCUT2D eigenvalue weighted by molar-refractivity contribution is 5.54. The lowest BCUT2D eigenvalue weighted by atomic mass is 10.1. The molecule has 1 aliphatic heterocycles. The molecule has 0 aromatic heterocycles. The zero-order valence-electron chi connectivity index (χ0n) is 14.1. The molecule has 1 aromatic rings. The third kappa shape index (κ3) is 5.85. The first-order chi connectivity index (χ1) is 10.6. The van der Waals surface area contributed by atoms with Crippen LogP contribution in [0.15, 0.2) is 18.2 Å². The maximum atomic E-state index is 6.10. The Hall–Kier alpha value is -1.26. The van der Waals surface area contributed by atoms with Crippen molar-refractivity contribution in [2.75, 3.05) is 45.1 Å². The summed E-state index contributed by atoms with van der Waals surface area (Å²) in [4.78, 5) is 2.56. The molecule has 1 saturated heterocycles. The zero-order chi connectivity index (χ0) is 15.8. The molecule has 0 radical (unpaired) electrons. The summed E-state index contributed by atoms with van der Waals surface area (Å²) in [5.41, 5.74) is 8.17. The quantitative estimate of drug-likeness (QED) is 0.760. The minimum Gasteiger partial charge on any atom is -0.491 e. The van der Waals surface area contributed by atoms with Gasteiger partial charge in [-0.3, -0.25) is 0 Å². The van der Waals surface area contributed by atoms with Crippen molar-refractivity contribution in [2.24, 2.45) is 5.92 Å². The number of ether oxygens (including phenoxy) is 1. The van der Waals surface area contributed by atoms with Crippen molar-refractivity contribution < 1.29 is 4.74 Å². The summed E-state index contributed by atoms with van der Waals surface area (Å²) in [6.45, 7) is 10.8. The normalized spacial score (nSPS) is 16.7. The van der Waals surface area contributed by atoms with Gasteiger partial charge in [0.2, 0.25) is 0 Å². The fourth-order valence-corrected chi connectivity index (χ4v) is 2.77. The lowest BCUT2D eigenvalue weighted by Crippen LogP contribution is -2.29. The maximum Gasteiger partial charge on any atom is 0.142 e. The predicted octanol–water partition coefficient (Wildman–Crippen LogP) is 2.53. The van der Waals surface area contributed by atoms with Gasteiger partial charge in [0, 0.05) is 13.1 Å². The fraction of sp³-hybridized carbons (Fsp3) is 0.667. The number of nitrogens with one attached hydrogen (secondary N) is 1. The standard InChI is InChI=1S/C18H31N3O/c1-15(2)14-22-18-7-6-16(13-17(18)19)5-3-10-21-11-4-8-20-9-12-21/h6-7,13,15,20H,3-5,8-12,14,19H2,1-2H3. The van der Waals surface area contributed by atoms with E-state index in [1.807, 2.05) is 6.07 Å². The lowest BCUT2D eigenvalue weighted by Gasteiger charge is -2.19. The van der Waals surface area contributed by atoms with Crippen LogP contribution in [0.2, 0.25) is 0 Å². The Labute approximate surface area is 135 Å². The van der Waals surface area contributed by atoms with Crippen LogP contribution in [0.1, 0.15) is 32.3 Å². The minimum absolute atomic E-state index is 0.516. The molecule has 1 heterocycles. The summed E-state index contributed by atoms with van der Waals surface area (Å²) in [6.07, 6.45) is 3.53. The number of benzene rings is 1. The van der Waals surface area contributed by atoms with E-state index in [0.717, 1.165) is 30.9 Å². The predicted molar refractivity (Wildman–Crippen MR) is 93.4 cm³/mol. The SMILES string of the molecule is CC(C)COc1ccc(CCCN2CCCNCC2)cc1N. The van der Waals surface area contributed by atoms with E-state index in [2.05, 4.69) is 36.2 Å². The summed E-state index contributed by atoms with van der Waals surface area (Å²) >= 11 is 0. The monoisotopic (exact) mass is 305 g/mol. The number of nitrogens with two attached hydrogens (primary N) is 1. The molecule has 1 fully saturated rings. The van der Waals surface area contributed by atoms with E-state index in [9.17, 15) is 0 Å². The zero-order valence-corrected chi connectivity index (χ0v) is 14.1. The molecule has 4 nitrogen and oxygen atoms in total. The summed E-state index contributed by atoms with van der Waals surface area (Å²) in [5, 5.41) is 3.45. The van der Waals surface area contributed by atoms with E-state index in [4.69, 9.17) is 10.5 Å². The van der Waals surface area contributed by atoms with Crippen LogP contribution in [-0.4, -0.2) is 44.2 Å². The molecule has 0 atom stereocenters. The first-order valence-electron chi connectivity index (χ1n) is 8.59. The molecule has 0 saturated carbocycles. The third-order valence-electron chi connectivity index (χ3n) is 4.02. The molecule has 3 N–H and O–H groups in total. The lowest BCUT2D eigenvalue weighted by molar-refractivity contribution is 0.272. The Morgan fingerprint density at radius 3 is 2.91 bits per heavy atom. The van der Waals surface area contributed by atoms with Gasteiger partial charge in [-0.15, -0.1) is 0 Å². The minimum atomic E-state index is 0.516. The number of nitrogens with zero attached hydrogens (tertiary/aromatic N) is 1. The van der Waals surface area contributed by atoms with Gasteiger partial charge in [-0.05, 0) is 62.5 Å². The van der Waals surface area contributed by atoms with Crippen molar-refractivity contribution in [1.82, 2.24) is 10.2 Å². The smallest absolute Gasteiger partial charge is 0.142 e. The summed E-state index contributed by atoms with van der Waals surface area (Å²) in [5.74, 6) is 1.33. The van der Waals surface area contributed by atoms with E-state index >= 15 is 0 Å². The molecule has 0 aliphatic carbocycles. The molecular weight excluding hydrogens is 274 g/mol. The second kappa shape index (κ2) is 9.01. The second-order valence-electron chi connectivity index (χ2n) is 6.63. The molecule has 0 amide bonds. The largest absolute Gasteiger partial charge is 0.491 e. The number of anilines is 1. The van der Waals surface area contributed by atoms with Gasteiger partial charge in [0.05, 0.1) is 12.3 Å². The highest BCUT2D eigenvalue weighted by Gasteiger charge is 2.08. The first kappa shape index (κ1) is 17.1. The van der Waals surface area contributed by atoms with Gasteiger partial charge >= 0.3 is 0 Å². The van der Waals surface area contributed by atoms with Gasteiger partial charge in [-0.25, -0.2) is 0 Å². The Kier molecular flexibility index (Phi) is 7.00. The molecule has 0 bridgehead atoms. The van der Waals surface area contributed by atoms with Crippen LogP contribution >= 0.6 is 0 Å². The highest BCUT2D eigenvalue weighted by atomic mass is 16.5. The maximum absolute atomic E-state index is 6.10. The topological polar surface area (TPSA) is 50.5 Å². The molecule has 0 unspecified atom stereocenters. The first-order valence-corrected chi connectivity index (χ1v) is 8.59. The molecule has 1 aliphatic rings. The van der Waals surface area contributed by atoms with E-state index in [-0.39, 0.29) is 0 Å². The number of rotatable bonds is 7. The highest BCUT2D eigenvalue weighted by Crippen LogP contribution is 2.23. The van der Waals surface area contributed by atoms with Crippen LogP contribution in [0.5, 0.6) is 5.75 Å². The van der Waals surface area contributed by atoms with Gasteiger partial charge in [-0.1, -0.05) is 19.9 Å².